The number of aryl methyl sites for hydroxylation is 1. The molecule has 3 N–H and O–H groups in total. The molecule has 0 saturated carbocycles. The van der Waals surface area contributed by atoms with Gasteiger partial charge in [0.2, 0.25) is 0 Å². The average Bonchev–Trinajstić information content (AvgIpc) is 2.48. The molecular weight excluding hydrogens is 271 g/mol. The summed E-state index contributed by atoms with van der Waals surface area (Å²) in [6.45, 7) is 2.51. The Labute approximate surface area is 122 Å². The molecule has 0 radical (unpaired) electrons. The highest BCUT2D eigenvalue weighted by molar-refractivity contribution is 6.05. The Balaban J connectivity index is 2.21. The molecule has 2 rings (SSSR count). The maximum atomic E-state index is 13.7. The Morgan fingerprint density at radius 1 is 1.29 bits per heavy atom. The molecule has 1 amide bonds. The highest BCUT2D eigenvalue weighted by Crippen LogP contribution is 2.24. The fraction of sp³-hybridized carbons (Fsp3) is 0.188. The molecule has 0 aliphatic heterocycles. The lowest BCUT2D eigenvalue weighted by molar-refractivity contribution is 0.102. The quantitative estimate of drug-likeness (QED) is 0.889. The lowest BCUT2D eigenvalue weighted by atomic mass is 10.1. The van der Waals surface area contributed by atoms with Crippen molar-refractivity contribution in [2.45, 2.75) is 6.92 Å². The van der Waals surface area contributed by atoms with E-state index in [1.807, 2.05) is 0 Å². The number of para-hydroxylation sites is 2. The molecule has 21 heavy (non-hydrogen) atoms. The van der Waals surface area contributed by atoms with Crippen molar-refractivity contribution in [2.75, 3.05) is 18.5 Å². The molecule has 0 unspecified atom stereocenters. The Bertz CT molecular complexity index is 644. The third kappa shape index (κ3) is 3.79. The summed E-state index contributed by atoms with van der Waals surface area (Å²) in [5, 5.41) is 2.66. The first kappa shape index (κ1) is 15.0. The summed E-state index contributed by atoms with van der Waals surface area (Å²) in [5.74, 6) is -0.567. The zero-order valence-electron chi connectivity index (χ0n) is 11.7. The number of carbonyl (C=O) groups excluding carboxylic acids is 1. The molecule has 0 fully saturated rings. The Hall–Kier alpha value is -2.40. The van der Waals surface area contributed by atoms with Crippen LogP contribution in [0.4, 0.5) is 10.1 Å². The van der Waals surface area contributed by atoms with E-state index in [9.17, 15) is 9.18 Å². The van der Waals surface area contributed by atoms with Crippen LogP contribution in [0.25, 0.3) is 0 Å². The minimum absolute atomic E-state index is 0.00336. The van der Waals surface area contributed by atoms with Crippen molar-refractivity contribution in [2.24, 2.45) is 5.73 Å². The van der Waals surface area contributed by atoms with Crippen molar-refractivity contribution in [1.29, 1.82) is 0 Å². The number of anilines is 1. The first-order valence-corrected chi connectivity index (χ1v) is 6.61. The summed E-state index contributed by atoms with van der Waals surface area (Å²) in [6.07, 6.45) is 0. The van der Waals surface area contributed by atoms with Gasteiger partial charge >= 0.3 is 0 Å². The number of ether oxygens (including phenoxy) is 1. The monoisotopic (exact) mass is 288 g/mol. The van der Waals surface area contributed by atoms with Gasteiger partial charge in [-0.1, -0.05) is 23.8 Å². The summed E-state index contributed by atoms with van der Waals surface area (Å²) in [6, 6.07) is 11.4. The van der Waals surface area contributed by atoms with Crippen LogP contribution in [0.2, 0.25) is 0 Å². The maximum Gasteiger partial charge on any atom is 0.258 e. The molecule has 2 aromatic rings. The minimum Gasteiger partial charge on any atom is -0.490 e. The van der Waals surface area contributed by atoms with E-state index in [1.165, 1.54) is 12.1 Å². The predicted molar refractivity (Wildman–Crippen MR) is 80.1 cm³/mol. The van der Waals surface area contributed by atoms with Crippen molar-refractivity contribution in [1.82, 2.24) is 0 Å². The largest absolute Gasteiger partial charge is 0.490 e. The van der Waals surface area contributed by atoms with Gasteiger partial charge in [0.1, 0.15) is 18.2 Å². The molecule has 0 atom stereocenters. The Kier molecular flexibility index (Phi) is 4.90. The molecule has 0 bridgehead atoms. The maximum absolute atomic E-state index is 13.7. The molecule has 0 aliphatic carbocycles. The van der Waals surface area contributed by atoms with Crippen LogP contribution in [-0.4, -0.2) is 19.1 Å². The van der Waals surface area contributed by atoms with E-state index in [-0.39, 0.29) is 5.56 Å². The van der Waals surface area contributed by atoms with Crippen molar-refractivity contribution < 1.29 is 13.9 Å². The SMILES string of the molecule is Cc1ccc(F)c(C(=O)Nc2ccccc2OCCN)c1. The fourth-order valence-electron chi connectivity index (χ4n) is 1.87. The second-order valence-electron chi connectivity index (χ2n) is 4.57. The van der Waals surface area contributed by atoms with E-state index >= 15 is 0 Å². The van der Waals surface area contributed by atoms with Crippen LogP contribution in [0, 0.1) is 12.7 Å². The smallest absolute Gasteiger partial charge is 0.258 e. The van der Waals surface area contributed by atoms with Crippen LogP contribution in [0.1, 0.15) is 15.9 Å². The highest BCUT2D eigenvalue weighted by Gasteiger charge is 2.14. The number of hydrogen-bond acceptors (Lipinski definition) is 3. The molecule has 110 valence electrons. The highest BCUT2D eigenvalue weighted by atomic mass is 19.1. The number of carbonyl (C=O) groups is 1. The van der Waals surface area contributed by atoms with Gasteiger partial charge in [0.25, 0.3) is 5.91 Å². The normalized spacial score (nSPS) is 10.2. The van der Waals surface area contributed by atoms with Gasteiger partial charge in [-0.3, -0.25) is 4.79 Å². The lowest BCUT2D eigenvalue weighted by Gasteiger charge is -2.12. The molecule has 2 aromatic carbocycles. The van der Waals surface area contributed by atoms with E-state index in [0.29, 0.717) is 24.6 Å². The van der Waals surface area contributed by atoms with Gasteiger partial charge in [0.15, 0.2) is 0 Å². The van der Waals surface area contributed by atoms with Crippen LogP contribution < -0.4 is 15.8 Å². The number of halogens is 1. The summed E-state index contributed by atoms with van der Waals surface area (Å²) in [7, 11) is 0. The van der Waals surface area contributed by atoms with Gasteiger partial charge in [-0.2, -0.15) is 0 Å². The second-order valence-corrected chi connectivity index (χ2v) is 4.57. The van der Waals surface area contributed by atoms with Gasteiger partial charge < -0.3 is 15.8 Å². The molecular formula is C16H17FN2O2. The van der Waals surface area contributed by atoms with E-state index < -0.39 is 11.7 Å². The van der Waals surface area contributed by atoms with Crippen molar-refractivity contribution in [3.63, 3.8) is 0 Å². The van der Waals surface area contributed by atoms with E-state index in [0.717, 1.165) is 5.56 Å². The van der Waals surface area contributed by atoms with Gasteiger partial charge in [0, 0.05) is 6.54 Å². The van der Waals surface area contributed by atoms with Crippen LogP contribution in [0.5, 0.6) is 5.75 Å². The molecule has 4 nitrogen and oxygen atoms in total. The molecule has 5 heteroatoms. The zero-order chi connectivity index (χ0) is 15.2. The van der Waals surface area contributed by atoms with E-state index in [4.69, 9.17) is 10.5 Å². The lowest BCUT2D eigenvalue weighted by Crippen LogP contribution is -2.16. The summed E-state index contributed by atoms with van der Waals surface area (Å²) in [5.41, 5.74) is 6.69. The standard InChI is InChI=1S/C16H17FN2O2/c1-11-6-7-13(17)12(10-11)16(20)19-14-4-2-3-5-15(14)21-9-8-18/h2-7,10H,8-9,18H2,1H3,(H,19,20). The van der Waals surface area contributed by atoms with Crippen LogP contribution in [0.15, 0.2) is 42.5 Å². The molecule has 0 aromatic heterocycles. The number of benzene rings is 2. The van der Waals surface area contributed by atoms with E-state index in [1.54, 1.807) is 37.3 Å². The summed E-state index contributed by atoms with van der Waals surface area (Å²) >= 11 is 0. The number of nitrogens with one attached hydrogen (secondary N) is 1. The van der Waals surface area contributed by atoms with Crippen LogP contribution >= 0.6 is 0 Å². The first-order valence-electron chi connectivity index (χ1n) is 6.61. The Morgan fingerprint density at radius 2 is 2.05 bits per heavy atom. The van der Waals surface area contributed by atoms with E-state index in [2.05, 4.69) is 5.32 Å². The van der Waals surface area contributed by atoms with Gasteiger partial charge in [-0.05, 0) is 31.2 Å². The van der Waals surface area contributed by atoms with Crippen LogP contribution in [-0.2, 0) is 0 Å². The molecule has 0 aliphatic rings. The third-order valence-electron chi connectivity index (χ3n) is 2.88. The van der Waals surface area contributed by atoms with Crippen molar-refractivity contribution >= 4 is 11.6 Å². The number of rotatable bonds is 5. The number of hydrogen-bond donors (Lipinski definition) is 2. The Morgan fingerprint density at radius 3 is 2.81 bits per heavy atom. The van der Waals surface area contributed by atoms with Gasteiger partial charge in [-0.25, -0.2) is 4.39 Å². The summed E-state index contributed by atoms with van der Waals surface area (Å²) < 4.78 is 19.2. The average molecular weight is 288 g/mol. The second kappa shape index (κ2) is 6.85. The third-order valence-corrected chi connectivity index (χ3v) is 2.88. The van der Waals surface area contributed by atoms with Crippen molar-refractivity contribution in [3.8, 4) is 5.75 Å². The van der Waals surface area contributed by atoms with Gasteiger partial charge in [0.05, 0.1) is 11.3 Å². The summed E-state index contributed by atoms with van der Waals surface area (Å²) in [4.78, 5) is 12.2. The predicted octanol–water partition coefficient (Wildman–Crippen LogP) is 2.72. The first-order chi connectivity index (χ1) is 10.1. The minimum atomic E-state index is -0.557. The molecule has 0 saturated heterocycles. The molecule has 0 heterocycles. The van der Waals surface area contributed by atoms with Crippen LogP contribution in [0.3, 0.4) is 0 Å². The topological polar surface area (TPSA) is 64.3 Å². The number of nitrogens with two attached hydrogens (primary N) is 1. The fourth-order valence-corrected chi connectivity index (χ4v) is 1.87. The van der Waals surface area contributed by atoms with Crippen molar-refractivity contribution in [3.05, 3.63) is 59.4 Å². The van der Waals surface area contributed by atoms with Gasteiger partial charge in [-0.15, -0.1) is 0 Å². The number of amides is 1. The zero-order valence-corrected chi connectivity index (χ0v) is 11.7. The molecule has 0 spiro atoms.